The van der Waals surface area contributed by atoms with Gasteiger partial charge in [-0.05, 0) is 36.7 Å². The van der Waals surface area contributed by atoms with E-state index in [0.717, 1.165) is 0 Å². The number of amides is 1. The lowest BCUT2D eigenvalue weighted by molar-refractivity contribution is 0.0215. The van der Waals surface area contributed by atoms with Crippen molar-refractivity contribution in [2.24, 2.45) is 0 Å². The first-order valence-electron chi connectivity index (χ1n) is 7.77. The Hall–Kier alpha value is -1.94. The Morgan fingerprint density at radius 1 is 1.32 bits per heavy atom. The summed E-state index contributed by atoms with van der Waals surface area (Å²) in [6, 6.07) is 0.254. The Morgan fingerprint density at radius 2 is 2.08 bits per heavy atom. The van der Waals surface area contributed by atoms with Crippen LogP contribution in [0.4, 0.5) is 4.79 Å². The number of H-pyrrole nitrogens is 1. The number of nitrogens with zero attached hydrogens (tertiary/aromatic N) is 4. The van der Waals surface area contributed by atoms with Gasteiger partial charge in [0.1, 0.15) is 27.8 Å². The number of carbonyl (C=O) groups is 1. The van der Waals surface area contributed by atoms with Crippen LogP contribution in [-0.4, -0.2) is 70.2 Å². The largest absolute Gasteiger partial charge is 0.461 e. The molecule has 1 amide bonds. The molecule has 0 aliphatic carbocycles. The van der Waals surface area contributed by atoms with Crippen LogP contribution in [0, 0.1) is 0 Å². The van der Waals surface area contributed by atoms with Gasteiger partial charge in [0.25, 0.3) is 0 Å². The van der Waals surface area contributed by atoms with Crippen LogP contribution in [0.3, 0.4) is 0 Å². The van der Waals surface area contributed by atoms with Crippen molar-refractivity contribution < 1.29 is 19.0 Å². The van der Waals surface area contributed by atoms with Gasteiger partial charge in [-0.3, -0.25) is 5.10 Å². The molecule has 0 spiro atoms. The molecule has 0 aliphatic heterocycles. The van der Waals surface area contributed by atoms with Crippen LogP contribution in [0.1, 0.15) is 20.8 Å². The second kappa shape index (κ2) is 8.43. The van der Waals surface area contributed by atoms with E-state index in [9.17, 15) is 4.79 Å². The standard InChI is InChI=1S/C15H22BrN5O4/c1-15(2,3)25-14(22)21(4)5-6-23-7-8-24-13-17-9-10-11(18-13)12(16)20-19-10/h9H,5-8H2,1-4H3,(H,19,20). The predicted octanol–water partition coefficient (Wildman–Crippen LogP) is 2.38. The van der Waals surface area contributed by atoms with E-state index < -0.39 is 5.60 Å². The lowest BCUT2D eigenvalue weighted by Gasteiger charge is -2.24. The molecule has 2 rings (SSSR count). The number of halogens is 1. The smallest absolute Gasteiger partial charge is 0.410 e. The second-order valence-electron chi connectivity index (χ2n) is 6.29. The van der Waals surface area contributed by atoms with Gasteiger partial charge in [0.2, 0.25) is 0 Å². The molecule has 0 saturated carbocycles. The van der Waals surface area contributed by atoms with Crippen molar-refractivity contribution in [2.75, 3.05) is 33.4 Å². The summed E-state index contributed by atoms with van der Waals surface area (Å²) in [4.78, 5) is 21.5. The van der Waals surface area contributed by atoms with Crippen molar-refractivity contribution >= 4 is 33.1 Å². The summed E-state index contributed by atoms with van der Waals surface area (Å²) in [7, 11) is 1.67. The van der Waals surface area contributed by atoms with Crippen molar-refractivity contribution in [2.45, 2.75) is 26.4 Å². The van der Waals surface area contributed by atoms with Crippen molar-refractivity contribution in [3.8, 4) is 6.01 Å². The van der Waals surface area contributed by atoms with Crippen LogP contribution in [0.15, 0.2) is 10.8 Å². The van der Waals surface area contributed by atoms with E-state index in [4.69, 9.17) is 14.2 Å². The van der Waals surface area contributed by atoms with Gasteiger partial charge in [-0.2, -0.15) is 10.1 Å². The minimum Gasteiger partial charge on any atom is -0.461 e. The number of likely N-dealkylation sites (N-methyl/N-ethyl adjacent to an activating group) is 1. The molecule has 9 nitrogen and oxygen atoms in total. The summed E-state index contributed by atoms with van der Waals surface area (Å²) >= 11 is 3.32. The second-order valence-corrected chi connectivity index (χ2v) is 7.08. The van der Waals surface area contributed by atoms with Gasteiger partial charge in [0.15, 0.2) is 0 Å². The fraction of sp³-hybridized carbons (Fsp3) is 0.600. The summed E-state index contributed by atoms with van der Waals surface area (Å²) in [6.07, 6.45) is 1.20. The Kier molecular flexibility index (Phi) is 6.54. The first-order valence-corrected chi connectivity index (χ1v) is 8.57. The number of ether oxygens (including phenoxy) is 3. The van der Waals surface area contributed by atoms with Crippen molar-refractivity contribution in [3.05, 3.63) is 10.8 Å². The zero-order chi connectivity index (χ0) is 18.4. The summed E-state index contributed by atoms with van der Waals surface area (Å²) in [5.74, 6) is 0. The zero-order valence-electron chi connectivity index (χ0n) is 14.7. The highest BCUT2D eigenvalue weighted by molar-refractivity contribution is 9.10. The van der Waals surface area contributed by atoms with Gasteiger partial charge < -0.3 is 19.1 Å². The predicted molar refractivity (Wildman–Crippen MR) is 94.6 cm³/mol. The summed E-state index contributed by atoms with van der Waals surface area (Å²) in [5, 5.41) is 6.78. The summed E-state index contributed by atoms with van der Waals surface area (Å²) in [5.41, 5.74) is 0.802. The number of aromatic amines is 1. The monoisotopic (exact) mass is 415 g/mol. The Balaban J connectivity index is 1.64. The Bertz CT molecular complexity index is 715. The molecule has 0 saturated heterocycles. The molecule has 25 heavy (non-hydrogen) atoms. The normalized spacial score (nSPS) is 11.6. The maximum Gasteiger partial charge on any atom is 0.410 e. The first-order chi connectivity index (χ1) is 11.8. The molecule has 0 atom stereocenters. The molecule has 0 fully saturated rings. The van der Waals surface area contributed by atoms with E-state index in [0.29, 0.717) is 42.0 Å². The molecule has 2 aromatic heterocycles. The van der Waals surface area contributed by atoms with E-state index in [-0.39, 0.29) is 12.1 Å². The quantitative estimate of drug-likeness (QED) is 0.692. The number of hydrogen-bond acceptors (Lipinski definition) is 7. The molecular weight excluding hydrogens is 394 g/mol. The molecule has 2 heterocycles. The summed E-state index contributed by atoms with van der Waals surface area (Å²) < 4.78 is 16.8. The average molecular weight is 416 g/mol. The lowest BCUT2D eigenvalue weighted by Crippen LogP contribution is -2.36. The van der Waals surface area contributed by atoms with E-state index in [1.165, 1.54) is 4.90 Å². The lowest BCUT2D eigenvalue weighted by atomic mass is 10.2. The number of carbonyl (C=O) groups excluding carboxylic acids is 1. The Labute approximate surface area is 154 Å². The minimum atomic E-state index is -0.509. The van der Waals surface area contributed by atoms with Crippen LogP contribution < -0.4 is 4.74 Å². The molecule has 0 radical (unpaired) electrons. The maximum atomic E-state index is 11.8. The van der Waals surface area contributed by atoms with E-state index in [1.807, 2.05) is 20.8 Å². The van der Waals surface area contributed by atoms with Gasteiger partial charge in [-0.15, -0.1) is 0 Å². The minimum absolute atomic E-state index is 0.254. The van der Waals surface area contributed by atoms with Crippen molar-refractivity contribution in [1.29, 1.82) is 0 Å². The number of nitrogens with one attached hydrogen (secondary N) is 1. The number of hydrogen-bond donors (Lipinski definition) is 1. The Morgan fingerprint density at radius 3 is 2.80 bits per heavy atom. The van der Waals surface area contributed by atoms with Gasteiger partial charge in [0, 0.05) is 13.6 Å². The number of fused-ring (bicyclic) bond motifs is 1. The molecule has 138 valence electrons. The molecule has 0 unspecified atom stereocenters. The van der Waals surface area contributed by atoms with E-state index in [1.54, 1.807) is 13.2 Å². The molecule has 1 N–H and O–H groups in total. The van der Waals surface area contributed by atoms with Crippen LogP contribution in [-0.2, 0) is 9.47 Å². The molecule has 2 aromatic rings. The highest BCUT2D eigenvalue weighted by atomic mass is 79.9. The SMILES string of the molecule is CN(CCOCCOc1ncc2n[nH]c(Br)c2n1)C(=O)OC(C)(C)C. The summed E-state index contributed by atoms with van der Waals surface area (Å²) in [6.45, 7) is 6.95. The molecule has 10 heteroatoms. The maximum absolute atomic E-state index is 11.8. The fourth-order valence-electron chi connectivity index (χ4n) is 1.76. The molecular formula is C15H22BrN5O4. The third kappa shape index (κ3) is 6.13. The topological polar surface area (TPSA) is 102 Å². The number of rotatable bonds is 7. The van der Waals surface area contributed by atoms with E-state index >= 15 is 0 Å². The van der Waals surface area contributed by atoms with Gasteiger partial charge in [-0.25, -0.2) is 9.78 Å². The van der Waals surface area contributed by atoms with Crippen LogP contribution in [0.25, 0.3) is 11.0 Å². The van der Waals surface area contributed by atoms with E-state index in [2.05, 4.69) is 36.1 Å². The average Bonchev–Trinajstić information content (AvgIpc) is 2.90. The van der Waals surface area contributed by atoms with Crippen molar-refractivity contribution in [1.82, 2.24) is 25.1 Å². The molecule has 0 aliphatic rings. The molecule has 0 bridgehead atoms. The van der Waals surface area contributed by atoms with Crippen LogP contribution in [0.5, 0.6) is 6.01 Å². The third-order valence-corrected chi connectivity index (χ3v) is 3.52. The number of aromatic nitrogens is 4. The highest BCUT2D eigenvalue weighted by Gasteiger charge is 2.19. The van der Waals surface area contributed by atoms with Gasteiger partial charge in [0.05, 0.1) is 19.4 Å². The van der Waals surface area contributed by atoms with Crippen LogP contribution >= 0.6 is 15.9 Å². The van der Waals surface area contributed by atoms with Crippen molar-refractivity contribution in [3.63, 3.8) is 0 Å². The first kappa shape index (κ1) is 19.4. The van der Waals surface area contributed by atoms with Gasteiger partial charge in [-0.1, -0.05) is 0 Å². The zero-order valence-corrected chi connectivity index (χ0v) is 16.3. The fourth-order valence-corrected chi connectivity index (χ4v) is 2.14. The highest BCUT2D eigenvalue weighted by Crippen LogP contribution is 2.19. The third-order valence-electron chi connectivity index (χ3n) is 2.96. The van der Waals surface area contributed by atoms with Crippen LogP contribution in [0.2, 0.25) is 0 Å². The molecule has 0 aromatic carbocycles. The van der Waals surface area contributed by atoms with Gasteiger partial charge >= 0.3 is 12.1 Å².